The Kier molecular flexibility index (Phi) is 12.9. The first kappa shape index (κ1) is 31.0. The fourth-order valence-electron chi connectivity index (χ4n) is 4.55. The Labute approximate surface area is 212 Å². The average molecular weight is 502 g/mol. The molecule has 0 aromatic heterocycles. The van der Waals surface area contributed by atoms with E-state index < -0.39 is 8.80 Å². The summed E-state index contributed by atoms with van der Waals surface area (Å²) in [5, 5.41) is 3.56. The van der Waals surface area contributed by atoms with E-state index in [1.807, 2.05) is 0 Å². The van der Waals surface area contributed by atoms with Gasteiger partial charge in [-0.3, -0.25) is 0 Å². The third-order valence-corrected chi connectivity index (χ3v) is 10.9. The van der Waals surface area contributed by atoms with Gasteiger partial charge in [0.2, 0.25) is 0 Å². The molecule has 0 bridgehead atoms. The molecule has 0 saturated heterocycles. The first-order valence-corrected chi connectivity index (χ1v) is 11.1. The van der Waals surface area contributed by atoms with Gasteiger partial charge in [-0.05, 0) is 25.3 Å². The fourth-order valence-corrected chi connectivity index (χ4v) is 9.19. The summed E-state index contributed by atoms with van der Waals surface area (Å²) in [4.78, 5) is 0. The molecule has 0 amide bonds. The van der Waals surface area contributed by atoms with Crippen molar-refractivity contribution in [2.75, 3.05) is 0 Å². The van der Waals surface area contributed by atoms with Crippen molar-refractivity contribution < 1.29 is 58.9 Å². The van der Waals surface area contributed by atoms with Crippen molar-refractivity contribution in [3.63, 3.8) is 0 Å². The van der Waals surface area contributed by atoms with Gasteiger partial charge in [-0.1, -0.05) is 93.4 Å². The van der Waals surface area contributed by atoms with Crippen molar-refractivity contribution in [2.24, 2.45) is 0 Å². The zero-order valence-electron chi connectivity index (χ0n) is 18.5. The Hall–Kier alpha value is -0.149. The summed E-state index contributed by atoms with van der Waals surface area (Å²) in [6.45, 7) is 16.3. The number of allylic oxidation sites excluding steroid dienone is 4. The van der Waals surface area contributed by atoms with Gasteiger partial charge in [0.15, 0.2) is 0 Å². The Morgan fingerprint density at radius 3 is 1.90 bits per heavy atom. The van der Waals surface area contributed by atoms with Gasteiger partial charge in [-0.25, -0.2) is 0 Å². The molecule has 2 aromatic rings. The van der Waals surface area contributed by atoms with Crippen molar-refractivity contribution in [1.29, 1.82) is 0 Å². The van der Waals surface area contributed by atoms with Crippen LogP contribution in [-0.2, 0) is 21.7 Å². The van der Waals surface area contributed by atoms with Crippen molar-refractivity contribution in [1.82, 2.24) is 0 Å². The van der Waals surface area contributed by atoms with Crippen molar-refractivity contribution in [2.45, 2.75) is 59.9 Å². The van der Waals surface area contributed by atoms with Gasteiger partial charge >= 0.3 is 21.7 Å². The van der Waals surface area contributed by atoms with Crippen LogP contribution in [0.5, 0.6) is 0 Å². The Bertz CT molecular complexity index is 857. The van der Waals surface area contributed by atoms with Crippen molar-refractivity contribution >= 4 is 19.2 Å². The van der Waals surface area contributed by atoms with E-state index in [1.165, 1.54) is 33.4 Å². The molecule has 3 rings (SSSR count). The quantitative estimate of drug-likeness (QED) is 0.296. The van der Waals surface area contributed by atoms with Gasteiger partial charge in [0, 0.05) is 0 Å². The maximum Gasteiger partial charge on any atom is 4.00 e. The van der Waals surface area contributed by atoms with Crippen LogP contribution < -0.4 is 47.6 Å². The normalized spacial score (nSPS) is 18.0. The van der Waals surface area contributed by atoms with Crippen LogP contribution in [0.2, 0.25) is 5.04 Å². The average Bonchev–Trinajstić information content (AvgIpc) is 2.76. The summed E-state index contributed by atoms with van der Waals surface area (Å²) < 4.78 is 0. The molecule has 1 aliphatic carbocycles. The van der Waals surface area contributed by atoms with E-state index in [0.717, 1.165) is 6.42 Å². The number of benzene rings is 1. The van der Waals surface area contributed by atoms with Crippen LogP contribution in [0.15, 0.2) is 42.5 Å². The van der Waals surface area contributed by atoms with E-state index in [2.05, 4.69) is 91.0 Å². The van der Waals surface area contributed by atoms with E-state index in [0.29, 0.717) is 0 Å². The molecule has 0 radical (unpaired) electrons. The third kappa shape index (κ3) is 5.76. The molecule has 5 heteroatoms. The SMILES string of the molecule is Cc1ccc(C)c([SiH]([c-]2c(C)c(C)c(C)c2C)C2(C)C=CC=CC2)c1.[Cl-].[Cl-].[Cl-].[Ti+4]. The minimum Gasteiger partial charge on any atom is -1.00 e. The van der Waals surface area contributed by atoms with Crippen LogP contribution in [0, 0.1) is 41.5 Å². The van der Waals surface area contributed by atoms with Gasteiger partial charge in [0.25, 0.3) is 0 Å². The van der Waals surface area contributed by atoms with Crippen LogP contribution in [0.3, 0.4) is 0 Å². The van der Waals surface area contributed by atoms with Gasteiger partial charge in [-0.2, -0.15) is 27.4 Å². The zero-order valence-corrected chi connectivity index (χ0v) is 23.4. The molecule has 1 aliphatic rings. The van der Waals surface area contributed by atoms with Crippen LogP contribution in [-0.4, -0.2) is 8.80 Å². The molecule has 2 aromatic carbocycles. The second kappa shape index (κ2) is 12.0. The first-order valence-electron chi connectivity index (χ1n) is 9.40. The molecule has 0 saturated carbocycles. The second-order valence-electron chi connectivity index (χ2n) is 8.20. The molecular weight excluding hydrogens is 471 g/mol. The van der Waals surface area contributed by atoms with Crippen LogP contribution in [0.1, 0.15) is 46.7 Å². The molecule has 0 spiro atoms. The second-order valence-corrected chi connectivity index (χ2v) is 11.6. The summed E-state index contributed by atoms with van der Waals surface area (Å²) >= 11 is 0. The topological polar surface area (TPSA) is 0 Å². The molecule has 0 fully saturated rings. The Morgan fingerprint density at radius 1 is 0.862 bits per heavy atom. The van der Waals surface area contributed by atoms with E-state index >= 15 is 0 Å². The maximum atomic E-state index is 2.49. The summed E-state index contributed by atoms with van der Waals surface area (Å²) in [5.74, 6) is 0. The Balaban J connectivity index is 0. The fraction of sp³-hybridized carbons (Fsp3) is 0.375. The monoisotopic (exact) mass is 500 g/mol. The van der Waals surface area contributed by atoms with Crippen LogP contribution in [0.4, 0.5) is 0 Å². The molecule has 156 valence electrons. The molecular formula is C24H31Cl3SiTi. The number of hydrogen-bond donors (Lipinski definition) is 0. The molecule has 2 unspecified atom stereocenters. The molecule has 0 nitrogen and oxygen atoms in total. The summed E-state index contributed by atoms with van der Waals surface area (Å²) in [7, 11) is -1.44. The maximum absolute atomic E-state index is 2.49. The summed E-state index contributed by atoms with van der Waals surface area (Å²) in [6.07, 6.45) is 10.5. The molecule has 0 heterocycles. The van der Waals surface area contributed by atoms with E-state index in [4.69, 9.17) is 0 Å². The molecule has 2 atom stereocenters. The number of rotatable bonds is 3. The smallest absolute Gasteiger partial charge is 1.00 e. The molecule has 0 aliphatic heterocycles. The Morgan fingerprint density at radius 2 is 1.41 bits per heavy atom. The molecule has 0 N–H and O–H groups in total. The van der Waals surface area contributed by atoms with Crippen LogP contribution in [0.25, 0.3) is 0 Å². The first-order chi connectivity index (χ1) is 11.8. The summed E-state index contributed by atoms with van der Waals surface area (Å²) in [6, 6.07) is 7.05. The summed E-state index contributed by atoms with van der Waals surface area (Å²) in [5.41, 5.74) is 8.91. The minimum absolute atomic E-state index is 0. The number of halogens is 3. The van der Waals surface area contributed by atoms with E-state index in [9.17, 15) is 0 Å². The van der Waals surface area contributed by atoms with Crippen molar-refractivity contribution in [3.05, 3.63) is 75.9 Å². The van der Waals surface area contributed by atoms with Gasteiger partial charge in [-0.15, -0.1) is 0 Å². The van der Waals surface area contributed by atoms with E-state index in [-0.39, 0.29) is 64.0 Å². The third-order valence-electron chi connectivity index (χ3n) is 6.47. The minimum atomic E-state index is -1.44. The largest absolute Gasteiger partial charge is 4.00 e. The number of aryl methyl sites for hydroxylation is 2. The van der Waals surface area contributed by atoms with Gasteiger partial charge in [0.1, 0.15) is 0 Å². The van der Waals surface area contributed by atoms with Gasteiger partial charge in [0.05, 0.1) is 8.80 Å². The standard InChI is InChI=1S/C24H31Si.3ClH.Ti/c1-16-11-12-17(2)22(15-16)25(24(7)13-9-8-10-14-24)23-20(5)18(3)19(4)21(23)6;;;;/h8-13,15,25H,14H2,1-7H3;3*1H;/q-1;;;;+4/p-3. The predicted octanol–water partition coefficient (Wildman–Crippen LogP) is -4.12. The van der Waals surface area contributed by atoms with Crippen molar-refractivity contribution in [3.8, 4) is 0 Å². The number of hydrogen-bond acceptors (Lipinski definition) is 0. The van der Waals surface area contributed by atoms with Crippen LogP contribution >= 0.6 is 0 Å². The molecule has 29 heavy (non-hydrogen) atoms. The van der Waals surface area contributed by atoms with Gasteiger partial charge < -0.3 is 37.2 Å². The predicted molar refractivity (Wildman–Crippen MR) is 115 cm³/mol. The zero-order chi connectivity index (χ0) is 18.4. The van der Waals surface area contributed by atoms with E-state index in [1.54, 1.807) is 10.4 Å².